The summed E-state index contributed by atoms with van der Waals surface area (Å²) in [6.45, 7) is 5.85. The number of thiazole rings is 1. The molecule has 0 saturated heterocycles. The highest BCUT2D eigenvalue weighted by molar-refractivity contribution is 7.11. The van der Waals surface area contributed by atoms with Crippen LogP contribution in [0.15, 0.2) is 12.1 Å². The molecule has 0 spiro atoms. The van der Waals surface area contributed by atoms with Crippen molar-refractivity contribution in [2.75, 3.05) is 5.32 Å². The van der Waals surface area contributed by atoms with E-state index in [2.05, 4.69) is 10.3 Å². The number of nitrogens with one attached hydrogen (secondary N) is 1. The zero-order valence-electron chi connectivity index (χ0n) is 11.6. The monoisotopic (exact) mass is 345 g/mol. The van der Waals surface area contributed by atoms with Crippen molar-refractivity contribution >= 4 is 45.9 Å². The van der Waals surface area contributed by atoms with Gasteiger partial charge >= 0.3 is 0 Å². The van der Waals surface area contributed by atoms with E-state index < -0.39 is 4.92 Å². The SMILES string of the molecule is Cc1nc(C)c(C(C)Nc2c(Cl)cc([N+](=O)[O-])cc2Cl)s1. The Balaban J connectivity index is 2.31. The second-order valence-corrected chi connectivity index (χ2v) is 6.64. The Kier molecular flexibility index (Phi) is 4.70. The van der Waals surface area contributed by atoms with Gasteiger partial charge in [-0.15, -0.1) is 11.3 Å². The molecule has 0 radical (unpaired) electrons. The molecule has 0 bridgehead atoms. The number of anilines is 1. The second-order valence-electron chi connectivity index (χ2n) is 4.59. The van der Waals surface area contributed by atoms with Gasteiger partial charge in [0, 0.05) is 17.0 Å². The molecule has 0 aliphatic carbocycles. The van der Waals surface area contributed by atoms with Gasteiger partial charge < -0.3 is 5.32 Å². The zero-order valence-corrected chi connectivity index (χ0v) is 13.9. The maximum Gasteiger partial charge on any atom is 0.272 e. The summed E-state index contributed by atoms with van der Waals surface area (Å²) < 4.78 is 0. The Hall–Kier alpha value is -1.37. The molecule has 1 N–H and O–H groups in total. The Bertz CT molecular complexity index is 680. The van der Waals surface area contributed by atoms with Crippen molar-refractivity contribution in [2.24, 2.45) is 0 Å². The lowest BCUT2D eigenvalue weighted by atomic mass is 10.2. The van der Waals surface area contributed by atoms with E-state index in [-0.39, 0.29) is 21.8 Å². The van der Waals surface area contributed by atoms with E-state index in [0.29, 0.717) is 5.69 Å². The second kappa shape index (κ2) is 6.17. The van der Waals surface area contributed by atoms with Gasteiger partial charge in [0.2, 0.25) is 0 Å². The first kappa shape index (κ1) is 16.0. The Morgan fingerprint density at radius 1 is 1.33 bits per heavy atom. The molecular weight excluding hydrogens is 333 g/mol. The summed E-state index contributed by atoms with van der Waals surface area (Å²) in [6, 6.07) is 2.52. The van der Waals surface area contributed by atoms with E-state index >= 15 is 0 Å². The minimum Gasteiger partial charge on any atom is -0.375 e. The summed E-state index contributed by atoms with van der Waals surface area (Å²) in [5, 5.41) is 15.4. The van der Waals surface area contributed by atoms with E-state index in [9.17, 15) is 10.1 Å². The number of benzene rings is 1. The minimum absolute atomic E-state index is 0.0485. The van der Waals surface area contributed by atoms with Crippen LogP contribution in [0.5, 0.6) is 0 Å². The number of halogens is 2. The third-order valence-electron chi connectivity index (χ3n) is 2.93. The molecule has 2 rings (SSSR count). The quantitative estimate of drug-likeness (QED) is 0.614. The van der Waals surface area contributed by atoms with Gasteiger partial charge in [-0.25, -0.2) is 4.98 Å². The summed E-state index contributed by atoms with van der Waals surface area (Å²) in [5.41, 5.74) is 1.31. The third kappa shape index (κ3) is 3.45. The predicted octanol–water partition coefficient (Wildman–Crippen LogP) is 5.15. The molecule has 112 valence electrons. The van der Waals surface area contributed by atoms with Gasteiger partial charge in [0.05, 0.1) is 37.4 Å². The van der Waals surface area contributed by atoms with Crippen molar-refractivity contribution in [3.63, 3.8) is 0 Å². The number of rotatable bonds is 4. The van der Waals surface area contributed by atoms with Crippen LogP contribution >= 0.6 is 34.5 Å². The van der Waals surface area contributed by atoms with Crippen molar-refractivity contribution in [3.05, 3.63) is 47.9 Å². The fraction of sp³-hybridized carbons (Fsp3) is 0.308. The van der Waals surface area contributed by atoms with Gasteiger partial charge in [0.15, 0.2) is 0 Å². The molecule has 1 aromatic carbocycles. The molecule has 1 atom stereocenters. The van der Waals surface area contributed by atoms with Crippen LogP contribution in [0.25, 0.3) is 0 Å². The molecule has 5 nitrogen and oxygen atoms in total. The van der Waals surface area contributed by atoms with Gasteiger partial charge in [-0.1, -0.05) is 23.2 Å². The fourth-order valence-electron chi connectivity index (χ4n) is 2.03. The van der Waals surface area contributed by atoms with Crippen LogP contribution in [-0.2, 0) is 0 Å². The van der Waals surface area contributed by atoms with Crippen LogP contribution in [-0.4, -0.2) is 9.91 Å². The first-order chi connectivity index (χ1) is 9.79. The number of aromatic nitrogens is 1. The number of aryl methyl sites for hydroxylation is 2. The van der Waals surface area contributed by atoms with Crippen LogP contribution in [0.2, 0.25) is 10.0 Å². The van der Waals surface area contributed by atoms with E-state index in [1.165, 1.54) is 12.1 Å². The van der Waals surface area contributed by atoms with Crippen molar-refractivity contribution in [1.82, 2.24) is 4.98 Å². The Morgan fingerprint density at radius 3 is 2.33 bits per heavy atom. The predicted molar refractivity (Wildman–Crippen MR) is 86.7 cm³/mol. The topological polar surface area (TPSA) is 68.1 Å². The largest absolute Gasteiger partial charge is 0.375 e. The van der Waals surface area contributed by atoms with Crippen LogP contribution in [0.1, 0.15) is 28.5 Å². The number of hydrogen-bond acceptors (Lipinski definition) is 5. The van der Waals surface area contributed by atoms with Gasteiger partial charge in [0.1, 0.15) is 0 Å². The average Bonchev–Trinajstić information content (AvgIpc) is 2.72. The third-order valence-corrected chi connectivity index (χ3v) is 4.78. The highest BCUT2D eigenvalue weighted by atomic mass is 35.5. The maximum absolute atomic E-state index is 10.8. The molecule has 0 aliphatic rings. The average molecular weight is 346 g/mol. The summed E-state index contributed by atoms with van der Waals surface area (Å²) in [4.78, 5) is 15.7. The Morgan fingerprint density at radius 2 is 1.90 bits per heavy atom. The van der Waals surface area contributed by atoms with E-state index in [0.717, 1.165) is 15.6 Å². The molecule has 0 saturated carbocycles. The Labute approximate surface area is 136 Å². The normalized spacial score (nSPS) is 12.2. The van der Waals surface area contributed by atoms with Crippen LogP contribution < -0.4 is 5.32 Å². The summed E-state index contributed by atoms with van der Waals surface area (Å²) >= 11 is 13.8. The number of nitro groups is 1. The number of nitrogens with zero attached hydrogens (tertiary/aromatic N) is 2. The van der Waals surface area contributed by atoms with E-state index in [1.807, 2.05) is 20.8 Å². The highest BCUT2D eigenvalue weighted by Crippen LogP contribution is 2.37. The molecule has 8 heteroatoms. The lowest BCUT2D eigenvalue weighted by Crippen LogP contribution is -2.07. The molecule has 2 aromatic rings. The van der Waals surface area contributed by atoms with Crippen LogP contribution in [0.4, 0.5) is 11.4 Å². The van der Waals surface area contributed by atoms with Crippen molar-refractivity contribution in [1.29, 1.82) is 0 Å². The number of hydrogen-bond donors (Lipinski definition) is 1. The van der Waals surface area contributed by atoms with Crippen molar-refractivity contribution in [2.45, 2.75) is 26.8 Å². The molecule has 1 unspecified atom stereocenters. The maximum atomic E-state index is 10.8. The molecule has 0 amide bonds. The minimum atomic E-state index is -0.526. The van der Waals surface area contributed by atoms with Gasteiger partial charge in [0.25, 0.3) is 5.69 Å². The van der Waals surface area contributed by atoms with Crippen LogP contribution in [0, 0.1) is 24.0 Å². The van der Waals surface area contributed by atoms with Crippen molar-refractivity contribution in [3.8, 4) is 0 Å². The van der Waals surface area contributed by atoms with Crippen molar-refractivity contribution < 1.29 is 4.92 Å². The lowest BCUT2D eigenvalue weighted by Gasteiger charge is -2.16. The summed E-state index contributed by atoms with van der Waals surface area (Å²) in [6.07, 6.45) is 0. The summed E-state index contributed by atoms with van der Waals surface area (Å²) in [5.74, 6) is 0. The van der Waals surface area contributed by atoms with Gasteiger partial charge in [-0.2, -0.15) is 0 Å². The number of nitro benzene ring substituents is 1. The lowest BCUT2D eigenvalue weighted by molar-refractivity contribution is -0.384. The standard InChI is InChI=1S/C13H13Cl2N3O2S/c1-6-13(21-8(3)16-6)7(2)17-12-10(14)4-9(18(19)20)5-11(12)15/h4-5,7,17H,1-3H3. The highest BCUT2D eigenvalue weighted by Gasteiger charge is 2.18. The molecular formula is C13H13Cl2N3O2S. The van der Waals surface area contributed by atoms with E-state index in [4.69, 9.17) is 23.2 Å². The molecule has 21 heavy (non-hydrogen) atoms. The zero-order chi connectivity index (χ0) is 15.7. The first-order valence-electron chi connectivity index (χ1n) is 6.13. The van der Waals surface area contributed by atoms with Gasteiger partial charge in [-0.05, 0) is 20.8 Å². The molecule has 0 aliphatic heterocycles. The molecule has 0 fully saturated rings. The number of non-ortho nitro benzene ring substituents is 1. The first-order valence-corrected chi connectivity index (χ1v) is 7.70. The van der Waals surface area contributed by atoms with Crippen LogP contribution in [0.3, 0.4) is 0 Å². The van der Waals surface area contributed by atoms with E-state index in [1.54, 1.807) is 11.3 Å². The molecule has 1 heterocycles. The summed E-state index contributed by atoms with van der Waals surface area (Å²) in [7, 11) is 0. The smallest absolute Gasteiger partial charge is 0.272 e. The fourth-order valence-corrected chi connectivity index (χ4v) is 3.55. The molecule has 1 aromatic heterocycles. The van der Waals surface area contributed by atoms with Gasteiger partial charge in [-0.3, -0.25) is 10.1 Å².